The summed E-state index contributed by atoms with van der Waals surface area (Å²) in [5.41, 5.74) is 0.317. The Morgan fingerprint density at radius 1 is 1.53 bits per heavy atom. The summed E-state index contributed by atoms with van der Waals surface area (Å²) in [6.07, 6.45) is 0. The molecule has 0 unspecified atom stereocenters. The average Bonchev–Trinajstić information content (AvgIpc) is 2.66. The molecule has 1 saturated heterocycles. The zero-order valence-electron chi connectivity index (χ0n) is 8.30. The van der Waals surface area contributed by atoms with Crippen LogP contribution in [-0.2, 0) is 5.72 Å². The monoisotopic (exact) mass is 221 g/mol. The molecule has 15 heavy (non-hydrogen) atoms. The van der Waals surface area contributed by atoms with Crippen LogP contribution in [0.1, 0.15) is 22.8 Å². The molecule has 0 aromatic heterocycles. The Hall–Kier alpha value is -1.00. The van der Waals surface area contributed by atoms with E-state index >= 15 is 0 Å². The second-order valence-corrected chi connectivity index (χ2v) is 5.24. The summed E-state index contributed by atoms with van der Waals surface area (Å²) in [6.45, 7) is 1.96. The lowest BCUT2D eigenvalue weighted by molar-refractivity contribution is -0.0637. The Balaban J connectivity index is 2.26. The summed E-state index contributed by atoms with van der Waals surface area (Å²) >= 11 is 1.61. The van der Waals surface area contributed by atoms with E-state index < -0.39 is 5.72 Å². The van der Waals surface area contributed by atoms with Crippen molar-refractivity contribution in [3.8, 4) is 0 Å². The second kappa shape index (κ2) is 2.77. The molecular weight excluding hydrogens is 210 g/mol. The van der Waals surface area contributed by atoms with E-state index in [2.05, 4.69) is 0 Å². The zero-order valence-corrected chi connectivity index (χ0v) is 9.12. The number of rotatable bonds is 0. The molecule has 0 bridgehead atoms. The minimum absolute atomic E-state index is 0.0325. The van der Waals surface area contributed by atoms with Gasteiger partial charge in [0, 0.05) is 11.1 Å². The lowest BCUT2D eigenvalue weighted by Gasteiger charge is -2.29. The van der Waals surface area contributed by atoms with Gasteiger partial charge in [0.1, 0.15) is 0 Å². The van der Waals surface area contributed by atoms with Crippen molar-refractivity contribution in [2.24, 2.45) is 0 Å². The third-order valence-corrected chi connectivity index (χ3v) is 4.47. The van der Waals surface area contributed by atoms with Crippen LogP contribution < -0.4 is 0 Å². The summed E-state index contributed by atoms with van der Waals surface area (Å²) in [7, 11) is 0. The highest BCUT2D eigenvalue weighted by Crippen LogP contribution is 2.49. The Morgan fingerprint density at radius 2 is 2.27 bits per heavy atom. The van der Waals surface area contributed by atoms with Gasteiger partial charge in [0.2, 0.25) is 0 Å². The first-order valence-electron chi connectivity index (χ1n) is 4.91. The van der Waals surface area contributed by atoms with Gasteiger partial charge >= 0.3 is 0 Å². The summed E-state index contributed by atoms with van der Waals surface area (Å²) in [5.74, 6) is 0.524. The number of nitrogens with zero attached hydrogens (tertiary/aromatic N) is 1. The quantitative estimate of drug-likeness (QED) is 0.719. The van der Waals surface area contributed by atoms with Crippen LogP contribution in [0.4, 0.5) is 0 Å². The predicted molar refractivity (Wildman–Crippen MR) is 58.4 cm³/mol. The van der Waals surface area contributed by atoms with E-state index in [1.165, 1.54) is 0 Å². The SMILES string of the molecule is C[C@@H]1SCN2C(=O)c3ccccc3[C@@]12O. The summed E-state index contributed by atoms with van der Waals surface area (Å²) in [4.78, 5) is 13.5. The zero-order chi connectivity index (χ0) is 10.6. The molecule has 78 valence electrons. The molecule has 2 heterocycles. The molecule has 2 aliphatic heterocycles. The maximum atomic E-state index is 12.0. The molecule has 1 amide bonds. The van der Waals surface area contributed by atoms with Crippen molar-refractivity contribution in [3.05, 3.63) is 35.4 Å². The van der Waals surface area contributed by atoms with Crippen molar-refractivity contribution in [3.63, 3.8) is 0 Å². The minimum atomic E-state index is -1.08. The van der Waals surface area contributed by atoms with Crippen LogP contribution in [0.2, 0.25) is 0 Å². The number of fused-ring (bicyclic) bond motifs is 3. The smallest absolute Gasteiger partial charge is 0.257 e. The number of carbonyl (C=O) groups excluding carboxylic acids is 1. The Kier molecular flexibility index (Phi) is 1.71. The van der Waals surface area contributed by atoms with Gasteiger partial charge in [0.25, 0.3) is 5.91 Å². The van der Waals surface area contributed by atoms with Gasteiger partial charge in [-0.2, -0.15) is 0 Å². The maximum absolute atomic E-state index is 12.0. The first-order chi connectivity index (χ1) is 7.15. The van der Waals surface area contributed by atoms with Crippen LogP contribution in [0.15, 0.2) is 24.3 Å². The van der Waals surface area contributed by atoms with E-state index in [4.69, 9.17) is 0 Å². The topological polar surface area (TPSA) is 40.5 Å². The first kappa shape index (κ1) is 9.24. The number of amides is 1. The molecule has 0 saturated carbocycles. The third kappa shape index (κ3) is 0.936. The van der Waals surface area contributed by atoms with Crippen molar-refractivity contribution in [1.82, 2.24) is 4.90 Å². The number of aliphatic hydroxyl groups is 1. The molecule has 0 spiro atoms. The molecule has 3 nitrogen and oxygen atoms in total. The molecule has 2 aliphatic rings. The standard InChI is InChI=1S/C11H11NO2S/c1-7-11(14)9-5-3-2-4-8(9)10(13)12(11)6-15-7/h2-5,7,14H,6H2,1H3/t7-,11-/m0/s1. The highest BCUT2D eigenvalue weighted by atomic mass is 32.2. The van der Waals surface area contributed by atoms with Gasteiger partial charge in [-0.1, -0.05) is 18.2 Å². The number of hydrogen-bond donors (Lipinski definition) is 1. The highest BCUT2D eigenvalue weighted by molar-refractivity contribution is 8.00. The van der Waals surface area contributed by atoms with Gasteiger partial charge in [0.15, 0.2) is 5.72 Å². The van der Waals surface area contributed by atoms with E-state index in [1.54, 1.807) is 22.7 Å². The Morgan fingerprint density at radius 3 is 3.07 bits per heavy atom. The van der Waals surface area contributed by atoms with Crippen LogP contribution in [0.25, 0.3) is 0 Å². The molecule has 2 atom stereocenters. The Labute approximate surface area is 92.1 Å². The maximum Gasteiger partial charge on any atom is 0.257 e. The Bertz CT molecular complexity index is 448. The molecular formula is C11H11NO2S. The fourth-order valence-electron chi connectivity index (χ4n) is 2.33. The van der Waals surface area contributed by atoms with E-state index in [1.807, 2.05) is 25.1 Å². The second-order valence-electron chi connectivity index (χ2n) is 3.94. The van der Waals surface area contributed by atoms with Crippen LogP contribution in [0.5, 0.6) is 0 Å². The summed E-state index contributed by atoms with van der Waals surface area (Å²) in [5, 5.41) is 10.6. The van der Waals surface area contributed by atoms with Gasteiger partial charge in [-0.05, 0) is 13.0 Å². The van der Waals surface area contributed by atoms with Crippen molar-refractivity contribution in [2.75, 3.05) is 5.88 Å². The van der Waals surface area contributed by atoms with E-state index in [9.17, 15) is 9.90 Å². The van der Waals surface area contributed by atoms with Crippen molar-refractivity contribution in [2.45, 2.75) is 17.9 Å². The van der Waals surface area contributed by atoms with Crippen LogP contribution >= 0.6 is 11.8 Å². The number of thioether (sulfide) groups is 1. The number of hydrogen-bond acceptors (Lipinski definition) is 3. The lowest BCUT2D eigenvalue weighted by atomic mass is 9.99. The van der Waals surface area contributed by atoms with Gasteiger partial charge < -0.3 is 5.11 Å². The van der Waals surface area contributed by atoms with Crippen LogP contribution in [-0.4, -0.2) is 27.0 Å². The van der Waals surface area contributed by atoms with Gasteiger partial charge in [0.05, 0.1) is 11.1 Å². The molecule has 3 rings (SSSR count). The molecule has 0 radical (unpaired) electrons. The normalized spacial score (nSPS) is 33.1. The lowest BCUT2D eigenvalue weighted by Crippen LogP contribution is -2.43. The van der Waals surface area contributed by atoms with E-state index in [-0.39, 0.29) is 11.2 Å². The highest BCUT2D eigenvalue weighted by Gasteiger charge is 2.55. The van der Waals surface area contributed by atoms with E-state index in [0.717, 1.165) is 5.56 Å². The molecule has 1 N–H and O–H groups in total. The molecule has 4 heteroatoms. The first-order valence-corrected chi connectivity index (χ1v) is 5.96. The molecule has 1 aromatic rings. The average molecular weight is 221 g/mol. The van der Waals surface area contributed by atoms with Gasteiger partial charge in [-0.3, -0.25) is 9.69 Å². The van der Waals surface area contributed by atoms with Crippen molar-refractivity contribution >= 4 is 17.7 Å². The summed E-state index contributed by atoms with van der Waals surface area (Å²) < 4.78 is 0. The van der Waals surface area contributed by atoms with E-state index in [0.29, 0.717) is 11.4 Å². The minimum Gasteiger partial charge on any atom is -0.366 e. The fourth-order valence-corrected chi connectivity index (χ4v) is 3.51. The largest absolute Gasteiger partial charge is 0.366 e. The number of benzene rings is 1. The summed E-state index contributed by atoms with van der Waals surface area (Å²) in [6, 6.07) is 7.32. The third-order valence-electron chi connectivity index (χ3n) is 3.23. The van der Waals surface area contributed by atoms with Crippen LogP contribution in [0, 0.1) is 0 Å². The van der Waals surface area contributed by atoms with Gasteiger partial charge in [-0.15, -0.1) is 11.8 Å². The van der Waals surface area contributed by atoms with Crippen LogP contribution in [0.3, 0.4) is 0 Å². The van der Waals surface area contributed by atoms with Crippen molar-refractivity contribution in [1.29, 1.82) is 0 Å². The molecule has 0 aliphatic carbocycles. The molecule has 1 aromatic carbocycles. The fraction of sp³-hybridized carbons (Fsp3) is 0.364. The molecule has 1 fully saturated rings. The predicted octanol–water partition coefficient (Wildman–Crippen LogP) is 1.38. The number of carbonyl (C=O) groups is 1. The van der Waals surface area contributed by atoms with Gasteiger partial charge in [-0.25, -0.2) is 0 Å². The van der Waals surface area contributed by atoms with Crippen molar-refractivity contribution < 1.29 is 9.90 Å².